The Bertz CT molecular complexity index is 3430. The Morgan fingerprint density at radius 1 is 0.281 bits per heavy atom. The van der Waals surface area contributed by atoms with Gasteiger partial charge in [0.2, 0.25) is 0 Å². The fraction of sp³-hybridized carbons (Fsp3) is 0.0625. The van der Waals surface area contributed by atoms with Gasteiger partial charge >= 0.3 is 0 Å². The highest BCUT2D eigenvalue weighted by molar-refractivity contribution is 6.24. The summed E-state index contributed by atoms with van der Waals surface area (Å²) in [4.78, 5) is 0. The predicted octanol–water partition coefficient (Wildman–Crippen LogP) is 17.6. The summed E-state index contributed by atoms with van der Waals surface area (Å²) < 4.78 is 0. The van der Waals surface area contributed by atoms with E-state index in [1.807, 2.05) is 0 Å². The van der Waals surface area contributed by atoms with Gasteiger partial charge in [-0.3, -0.25) is 0 Å². The molecule has 1 atom stereocenters. The maximum Gasteiger partial charge on any atom is 0.0463 e. The van der Waals surface area contributed by atoms with Crippen molar-refractivity contribution >= 4 is 32.3 Å². The summed E-state index contributed by atoms with van der Waals surface area (Å²) in [6, 6.07) is 88.2. The molecule has 0 N–H and O–H groups in total. The van der Waals surface area contributed by atoms with E-state index in [-0.39, 0.29) is 5.41 Å². The number of hydrogen-bond acceptors (Lipinski definition) is 0. The zero-order chi connectivity index (χ0) is 42.6. The average Bonchev–Trinajstić information content (AvgIpc) is 3.65. The Labute approximate surface area is 375 Å². The Kier molecular flexibility index (Phi) is 9.20. The van der Waals surface area contributed by atoms with Crippen molar-refractivity contribution in [3.8, 4) is 66.8 Å². The summed E-state index contributed by atoms with van der Waals surface area (Å²) in [5.41, 5.74) is 19.0. The van der Waals surface area contributed by atoms with E-state index in [4.69, 9.17) is 0 Å². The van der Waals surface area contributed by atoms with Gasteiger partial charge < -0.3 is 0 Å². The summed E-state index contributed by atoms with van der Waals surface area (Å²) in [6.07, 6.45) is 2.12. The standard InChI is InChI=1S/C64H46/c1-2-38-64(49-24-10-5-11-25-49)60-33-19-18-28-53(60)54-35-34-45(42-61(54)64)62-55-29-14-16-31-57(55)63(58-32-17-15-30-56(58)62)59-37-36-50(51-26-12-13-27-52(51)59)48-40-46(43-20-6-3-7-21-43)39-47(41-48)44-22-8-4-9-23-44/h3-37,39-42H,2,38H2,1H3. The SMILES string of the molecule is CCCC1(c2ccccc2)c2ccccc2-c2ccc(-c3c4ccccc4c(-c4ccc(-c5cc(-c6ccccc6)cc(-c6ccccc6)c5)c5ccccc45)c4ccccc34)cc21. The van der Waals surface area contributed by atoms with E-state index in [1.165, 1.54) is 116 Å². The van der Waals surface area contributed by atoms with Crippen LogP contribution in [0.2, 0.25) is 0 Å². The van der Waals surface area contributed by atoms with Crippen LogP contribution in [0.1, 0.15) is 36.5 Å². The molecule has 0 heteroatoms. The zero-order valence-corrected chi connectivity index (χ0v) is 35.9. The Morgan fingerprint density at radius 2 is 0.719 bits per heavy atom. The van der Waals surface area contributed by atoms with Crippen LogP contribution in [-0.2, 0) is 5.41 Å². The lowest BCUT2D eigenvalue weighted by Gasteiger charge is -2.33. The smallest absolute Gasteiger partial charge is 0.0463 e. The molecule has 11 aromatic carbocycles. The summed E-state index contributed by atoms with van der Waals surface area (Å²) >= 11 is 0. The highest BCUT2D eigenvalue weighted by Gasteiger charge is 2.44. The van der Waals surface area contributed by atoms with Crippen molar-refractivity contribution in [1.29, 1.82) is 0 Å². The van der Waals surface area contributed by atoms with E-state index in [1.54, 1.807) is 0 Å². The van der Waals surface area contributed by atoms with Gasteiger partial charge in [-0.25, -0.2) is 0 Å². The molecule has 0 aromatic heterocycles. The van der Waals surface area contributed by atoms with Crippen LogP contribution < -0.4 is 0 Å². The van der Waals surface area contributed by atoms with Crippen LogP contribution in [0.3, 0.4) is 0 Å². The third kappa shape index (κ3) is 5.98. The summed E-state index contributed by atoms with van der Waals surface area (Å²) in [5, 5.41) is 7.55. The molecule has 1 unspecified atom stereocenters. The minimum atomic E-state index is -0.230. The van der Waals surface area contributed by atoms with E-state index in [0.717, 1.165) is 12.8 Å². The lowest BCUT2D eigenvalue weighted by Crippen LogP contribution is -2.26. The van der Waals surface area contributed by atoms with Gasteiger partial charge in [-0.2, -0.15) is 0 Å². The van der Waals surface area contributed by atoms with Gasteiger partial charge in [0.1, 0.15) is 0 Å². The van der Waals surface area contributed by atoms with E-state index in [2.05, 4.69) is 244 Å². The van der Waals surface area contributed by atoms with E-state index >= 15 is 0 Å². The normalized spacial score (nSPS) is 14.2. The minimum Gasteiger partial charge on any atom is -0.0653 e. The molecule has 0 heterocycles. The quantitative estimate of drug-likeness (QED) is 0.134. The molecule has 0 spiro atoms. The molecule has 1 aliphatic rings. The summed E-state index contributed by atoms with van der Waals surface area (Å²) in [5.74, 6) is 0. The van der Waals surface area contributed by atoms with Gasteiger partial charge in [0.15, 0.2) is 0 Å². The molecule has 0 radical (unpaired) electrons. The van der Waals surface area contributed by atoms with E-state index in [0.29, 0.717) is 0 Å². The first-order chi connectivity index (χ1) is 31.7. The Hall–Kier alpha value is -7.80. The second kappa shape index (κ2) is 15.5. The van der Waals surface area contributed by atoms with Crippen molar-refractivity contribution in [2.75, 3.05) is 0 Å². The molecule has 0 fully saturated rings. The Morgan fingerprint density at radius 3 is 1.31 bits per heavy atom. The number of fused-ring (bicyclic) bond motifs is 6. The summed E-state index contributed by atoms with van der Waals surface area (Å²) in [6.45, 7) is 2.33. The molecule has 12 rings (SSSR count). The second-order valence-corrected chi connectivity index (χ2v) is 17.4. The minimum absolute atomic E-state index is 0.230. The van der Waals surface area contributed by atoms with Crippen molar-refractivity contribution in [3.63, 3.8) is 0 Å². The fourth-order valence-electron chi connectivity index (χ4n) is 11.2. The molecule has 64 heavy (non-hydrogen) atoms. The van der Waals surface area contributed by atoms with Crippen molar-refractivity contribution in [2.45, 2.75) is 25.2 Å². The van der Waals surface area contributed by atoms with Crippen LogP contribution in [0.15, 0.2) is 237 Å². The van der Waals surface area contributed by atoms with Crippen LogP contribution in [-0.4, -0.2) is 0 Å². The largest absolute Gasteiger partial charge is 0.0653 e. The van der Waals surface area contributed by atoms with Crippen LogP contribution in [0.4, 0.5) is 0 Å². The predicted molar refractivity (Wildman–Crippen MR) is 273 cm³/mol. The lowest BCUT2D eigenvalue weighted by molar-refractivity contribution is 0.563. The monoisotopic (exact) mass is 814 g/mol. The molecule has 0 bridgehead atoms. The molecule has 0 saturated carbocycles. The number of hydrogen-bond donors (Lipinski definition) is 0. The molecule has 0 amide bonds. The zero-order valence-electron chi connectivity index (χ0n) is 35.9. The third-order valence-electron chi connectivity index (χ3n) is 13.9. The van der Waals surface area contributed by atoms with E-state index < -0.39 is 0 Å². The average molecular weight is 815 g/mol. The van der Waals surface area contributed by atoms with Gasteiger partial charge in [-0.1, -0.05) is 226 Å². The van der Waals surface area contributed by atoms with Crippen LogP contribution in [0, 0.1) is 0 Å². The first kappa shape index (κ1) is 37.9. The number of rotatable bonds is 8. The van der Waals surface area contributed by atoms with Crippen molar-refractivity contribution < 1.29 is 0 Å². The van der Waals surface area contributed by atoms with Gasteiger partial charge in [0.05, 0.1) is 0 Å². The first-order valence-electron chi connectivity index (χ1n) is 22.7. The van der Waals surface area contributed by atoms with E-state index in [9.17, 15) is 0 Å². The van der Waals surface area contributed by atoms with Crippen molar-refractivity contribution in [2.24, 2.45) is 0 Å². The maximum absolute atomic E-state index is 2.54. The van der Waals surface area contributed by atoms with Gasteiger partial charge in [-0.05, 0) is 146 Å². The van der Waals surface area contributed by atoms with Gasteiger partial charge in [-0.15, -0.1) is 0 Å². The molecular weight excluding hydrogens is 769 g/mol. The highest BCUT2D eigenvalue weighted by Crippen LogP contribution is 2.56. The molecule has 0 saturated heterocycles. The third-order valence-corrected chi connectivity index (χ3v) is 13.9. The Balaban J connectivity index is 1.08. The fourth-order valence-corrected chi connectivity index (χ4v) is 11.2. The summed E-state index contributed by atoms with van der Waals surface area (Å²) in [7, 11) is 0. The second-order valence-electron chi connectivity index (χ2n) is 17.4. The molecular formula is C64H46. The molecule has 11 aromatic rings. The molecule has 1 aliphatic carbocycles. The molecule has 302 valence electrons. The molecule has 0 aliphatic heterocycles. The topological polar surface area (TPSA) is 0 Å². The maximum atomic E-state index is 2.54. The van der Waals surface area contributed by atoms with Crippen LogP contribution >= 0.6 is 0 Å². The van der Waals surface area contributed by atoms with Crippen molar-refractivity contribution in [1.82, 2.24) is 0 Å². The van der Waals surface area contributed by atoms with Gasteiger partial charge in [0, 0.05) is 5.41 Å². The van der Waals surface area contributed by atoms with Crippen LogP contribution in [0.25, 0.3) is 99.1 Å². The number of benzene rings is 11. The van der Waals surface area contributed by atoms with Crippen LogP contribution in [0.5, 0.6) is 0 Å². The lowest BCUT2D eigenvalue weighted by atomic mass is 9.69. The molecule has 0 nitrogen and oxygen atoms in total. The van der Waals surface area contributed by atoms with Crippen molar-refractivity contribution in [3.05, 3.63) is 253 Å². The van der Waals surface area contributed by atoms with Gasteiger partial charge in [0.25, 0.3) is 0 Å². The first-order valence-corrected chi connectivity index (χ1v) is 22.7. The highest BCUT2D eigenvalue weighted by atomic mass is 14.5.